The third-order valence-electron chi connectivity index (χ3n) is 4.37. The van der Waals surface area contributed by atoms with Crippen molar-refractivity contribution in [1.82, 2.24) is 20.2 Å². The molecule has 170 valence electrons. The van der Waals surface area contributed by atoms with Gasteiger partial charge in [-0.05, 0) is 36.4 Å². The van der Waals surface area contributed by atoms with Crippen molar-refractivity contribution in [2.75, 3.05) is 12.9 Å². The molecule has 0 radical (unpaired) electrons. The first kappa shape index (κ1) is 22.3. The molecule has 12 heteroatoms. The van der Waals surface area contributed by atoms with Crippen molar-refractivity contribution in [3.05, 3.63) is 60.1 Å². The third-order valence-corrected chi connectivity index (χ3v) is 5.20. The summed E-state index contributed by atoms with van der Waals surface area (Å²) in [6.07, 6.45) is 0. The second kappa shape index (κ2) is 9.69. The number of aromatic nitrogens is 4. The fraction of sp³-hybridized carbons (Fsp3) is 0.143. The van der Waals surface area contributed by atoms with E-state index in [2.05, 4.69) is 24.9 Å². The van der Waals surface area contributed by atoms with Crippen LogP contribution in [0.5, 0.6) is 5.75 Å². The van der Waals surface area contributed by atoms with Gasteiger partial charge in [0.1, 0.15) is 22.9 Å². The average molecular weight is 474 g/mol. The highest BCUT2D eigenvalue weighted by Gasteiger charge is 2.23. The zero-order valence-corrected chi connectivity index (χ0v) is 17.8. The van der Waals surface area contributed by atoms with Crippen LogP contribution in [-0.4, -0.2) is 50.7 Å². The number of halogens is 2. The van der Waals surface area contributed by atoms with Crippen molar-refractivity contribution < 1.29 is 32.6 Å². The van der Waals surface area contributed by atoms with Gasteiger partial charge in [-0.3, -0.25) is 0 Å². The number of aromatic amines is 1. The number of rotatable bonds is 8. The number of ether oxygens (including phenoxy) is 2. The summed E-state index contributed by atoms with van der Waals surface area (Å²) in [6.45, 7) is -2.92. The quantitative estimate of drug-likeness (QED) is 0.165. The summed E-state index contributed by atoms with van der Waals surface area (Å²) in [6, 6.07) is 12.9. The maximum atomic E-state index is 12.3. The van der Waals surface area contributed by atoms with Gasteiger partial charge in [0.15, 0.2) is 0 Å². The van der Waals surface area contributed by atoms with Gasteiger partial charge in [-0.2, -0.15) is 8.78 Å². The topological polar surface area (TPSA) is 123 Å². The normalized spacial score (nSPS) is 12.1. The van der Waals surface area contributed by atoms with Crippen LogP contribution in [0.15, 0.2) is 63.9 Å². The van der Waals surface area contributed by atoms with Gasteiger partial charge in [0.25, 0.3) is 5.22 Å². The maximum Gasteiger partial charge on any atom is 0.387 e. The number of imidazole rings is 1. The van der Waals surface area contributed by atoms with Crippen LogP contribution >= 0.6 is 11.8 Å². The van der Waals surface area contributed by atoms with Crippen molar-refractivity contribution >= 4 is 34.3 Å². The molecule has 33 heavy (non-hydrogen) atoms. The SMILES string of the molecule is COC(=O)/C(=C(/O)CSc1nnc(-c2ccc(OC(F)F)cc2)o1)c1nc2ccccc2[nH]1. The first-order valence-electron chi connectivity index (χ1n) is 9.41. The van der Waals surface area contributed by atoms with Gasteiger partial charge in [0.05, 0.1) is 23.9 Å². The predicted octanol–water partition coefficient (Wildman–Crippen LogP) is 4.45. The lowest BCUT2D eigenvalue weighted by Crippen LogP contribution is -2.09. The van der Waals surface area contributed by atoms with Gasteiger partial charge in [-0.15, -0.1) is 10.2 Å². The van der Waals surface area contributed by atoms with Gasteiger partial charge < -0.3 is 24.0 Å². The largest absolute Gasteiger partial charge is 0.510 e. The lowest BCUT2D eigenvalue weighted by atomic mass is 10.2. The van der Waals surface area contributed by atoms with Crippen molar-refractivity contribution in [1.29, 1.82) is 0 Å². The minimum absolute atomic E-state index is 0.00106. The molecule has 0 fully saturated rings. The van der Waals surface area contributed by atoms with Crippen LogP contribution < -0.4 is 4.74 Å². The zero-order chi connectivity index (χ0) is 23.4. The minimum Gasteiger partial charge on any atom is -0.510 e. The number of aliphatic hydroxyl groups is 1. The highest BCUT2D eigenvalue weighted by molar-refractivity contribution is 7.99. The number of nitrogens with zero attached hydrogens (tertiary/aromatic N) is 3. The van der Waals surface area contributed by atoms with Crippen molar-refractivity contribution in [2.24, 2.45) is 0 Å². The number of esters is 1. The van der Waals surface area contributed by atoms with E-state index in [1.165, 1.54) is 31.4 Å². The molecule has 0 aliphatic carbocycles. The first-order chi connectivity index (χ1) is 15.9. The van der Waals surface area contributed by atoms with Crippen molar-refractivity contribution in [3.8, 4) is 17.2 Å². The highest BCUT2D eigenvalue weighted by Crippen LogP contribution is 2.28. The predicted molar refractivity (Wildman–Crippen MR) is 115 cm³/mol. The number of H-pyrrole nitrogens is 1. The Bertz CT molecular complexity index is 1270. The first-order valence-corrected chi connectivity index (χ1v) is 10.4. The fourth-order valence-electron chi connectivity index (χ4n) is 2.89. The van der Waals surface area contributed by atoms with Crippen LogP contribution in [-0.2, 0) is 9.53 Å². The van der Waals surface area contributed by atoms with E-state index in [4.69, 9.17) is 9.15 Å². The smallest absolute Gasteiger partial charge is 0.387 e. The molecule has 4 aromatic rings. The molecule has 0 saturated heterocycles. The third kappa shape index (κ3) is 5.12. The molecule has 0 atom stereocenters. The van der Waals surface area contributed by atoms with Crippen LogP contribution in [0.1, 0.15) is 5.82 Å². The van der Waals surface area contributed by atoms with E-state index in [1.54, 1.807) is 18.2 Å². The Morgan fingerprint density at radius 2 is 1.94 bits per heavy atom. The summed E-state index contributed by atoms with van der Waals surface area (Å²) in [7, 11) is 1.20. The molecular weight excluding hydrogens is 458 g/mol. The standard InChI is InChI=1S/C21H16F2N4O5S/c1-30-19(29)16(17-24-13-4-2-3-5-14(13)25-17)15(28)10-33-21-27-26-18(32-21)11-6-8-12(9-7-11)31-20(22)23/h2-9,20,28H,10H2,1H3,(H,24,25)/b16-15+. The average Bonchev–Trinajstić information content (AvgIpc) is 3.45. The lowest BCUT2D eigenvalue weighted by Gasteiger charge is -2.06. The molecule has 0 amide bonds. The summed E-state index contributed by atoms with van der Waals surface area (Å²) in [4.78, 5) is 19.6. The summed E-state index contributed by atoms with van der Waals surface area (Å²) in [5.74, 6) is -0.819. The van der Waals surface area contributed by atoms with Crippen LogP contribution in [0.3, 0.4) is 0 Å². The van der Waals surface area contributed by atoms with Crippen LogP contribution in [0.4, 0.5) is 8.78 Å². The van der Waals surface area contributed by atoms with Crippen LogP contribution in [0.25, 0.3) is 28.1 Å². The number of aliphatic hydroxyl groups excluding tert-OH is 1. The molecule has 0 spiro atoms. The molecule has 0 bridgehead atoms. The number of carbonyl (C=O) groups is 1. The van der Waals surface area contributed by atoms with Gasteiger partial charge in [-0.25, -0.2) is 9.78 Å². The Kier molecular flexibility index (Phi) is 6.54. The Labute approximate surface area is 189 Å². The Balaban J connectivity index is 1.51. The summed E-state index contributed by atoms with van der Waals surface area (Å²) < 4.78 is 39.2. The number of alkyl halides is 2. The Hall–Kier alpha value is -3.93. The van der Waals surface area contributed by atoms with E-state index in [-0.39, 0.29) is 39.8 Å². The molecule has 9 nitrogen and oxygen atoms in total. The Morgan fingerprint density at radius 3 is 2.64 bits per heavy atom. The van der Waals surface area contributed by atoms with Crippen molar-refractivity contribution in [3.63, 3.8) is 0 Å². The Morgan fingerprint density at radius 1 is 1.18 bits per heavy atom. The summed E-state index contributed by atoms with van der Waals surface area (Å²) >= 11 is 0.992. The molecule has 2 N–H and O–H groups in total. The van der Waals surface area contributed by atoms with E-state index in [1.807, 2.05) is 6.07 Å². The molecule has 0 aliphatic heterocycles. The molecular formula is C21H16F2N4O5S. The van der Waals surface area contributed by atoms with Gasteiger partial charge >= 0.3 is 12.6 Å². The van der Waals surface area contributed by atoms with Crippen molar-refractivity contribution in [2.45, 2.75) is 11.8 Å². The molecule has 0 saturated carbocycles. The minimum atomic E-state index is -2.92. The monoisotopic (exact) mass is 474 g/mol. The van der Waals surface area contributed by atoms with E-state index in [9.17, 15) is 18.7 Å². The van der Waals surface area contributed by atoms with E-state index in [0.29, 0.717) is 16.6 Å². The molecule has 2 heterocycles. The molecule has 4 rings (SSSR count). The number of hydrogen-bond donors (Lipinski definition) is 2. The lowest BCUT2D eigenvalue weighted by molar-refractivity contribution is -0.133. The zero-order valence-electron chi connectivity index (χ0n) is 17.0. The summed E-state index contributed by atoms with van der Waals surface area (Å²) in [5.41, 5.74) is 1.70. The van der Waals surface area contributed by atoms with Gasteiger partial charge in [0, 0.05) is 5.56 Å². The number of benzene rings is 2. The second-order valence-corrected chi connectivity index (χ2v) is 7.41. The fourth-order valence-corrected chi connectivity index (χ4v) is 3.53. The van der Waals surface area contributed by atoms with Crippen LogP contribution in [0, 0.1) is 0 Å². The number of fused-ring (bicyclic) bond motifs is 1. The number of carbonyl (C=O) groups excluding carboxylic acids is 1. The number of para-hydroxylation sites is 2. The molecule has 2 aromatic carbocycles. The van der Waals surface area contributed by atoms with Crippen LogP contribution in [0.2, 0.25) is 0 Å². The number of thioether (sulfide) groups is 1. The maximum absolute atomic E-state index is 12.3. The van der Waals surface area contributed by atoms with E-state index in [0.717, 1.165) is 11.8 Å². The summed E-state index contributed by atoms with van der Waals surface area (Å²) in [5, 5.41) is 18.5. The number of methoxy groups -OCH3 is 1. The number of nitrogens with one attached hydrogen (secondary N) is 1. The van der Waals surface area contributed by atoms with Gasteiger partial charge in [0.2, 0.25) is 5.89 Å². The molecule has 2 aromatic heterocycles. The molecule has 0 aliphatic rings. The highest BCUT2D eigenvalue weighted by atomic mass is 32.2. The van der Waals surface area contributed by atoms with Gasteiger partial charge in [-0.1, -0.05) is 23.9 Å². The van der Waals surface area contributed by atoms with E-state index < -0.39 is 12.6 Å². The second-order valence-electron chi connectivity index (χ2n) is 6.48. The number of hydrogen-bond acceptors (Lipinski definition) is 9. The van der Waals surface area contributed by atoms with E-state index >= 15 is 0 Å². The molecule has 0 unspecified atom stereocenters.